The van der Waals surface area contributed by atoms with Crippen molar-refractivity contribution in [3.05, 3.63) is 0 Å². The molecule has 94 valence electrons. The molecule has 0 saturated carbocycles. The molecule has 0 aromatic heterocycles. The third kappa shape index (κ3) is 3.72. The second-order valence-corrected chi connectivity index (χ2v) is 5.45. The maximum atomic E-state index is 5.77. The van der Waals surface area contributed by atoms with Gasteiger partial charge in [0, 0.05) is 19.6 Å². The van der Waals surface area contributed by atoms with Gasteiger partial charge in [0.25, 0.3) is 0 Å². The normalized spacial score (nSPS) is 29.4. The Labute approximate surface area is 100.0 Å². The summed E-state index contributed by atoms with van der Waals surface area (Å²) in [7, 11) is 0. The van der Waals surface area contributed by atoms with Crippen molar-refractivity contribution in [3.8, 4) is 0 Å². The van der Waals surface area contributed by atoms with E-state index in [0.717, 1.165) is 12.5 Å². The molecule has 16 heavy (non-hydrogen) atoms. The first kappa shape index (κ1) is 12.3. The molecule has 0 aliphatic carbocycles. The van der Waals surface area contributed by atoms with Gasteiger partial charge in [-0.1, -0.05) is 6.42 Å². The van der Waals surface area contributed by atoms with Crippen molar-refractivity contribution >= 4 is 0 Å². The summed E-state index contributed by atoms with van der Waals surface area (Å²) in [6.07, 6.45) is 6.95. The average molecular weight is 225 g/mol. The number of likely N-dealkylation sites (tertiary alicyclic amines) is 2. The Morgan fingerprint density at radius 1 is 0.875 bits per heavy atom. The molecule has 2 aliphatic rings. The molecular weight excluding hydrogens is 198 g/mol. The van der Waals surface area contributed by atoms with Gasteiger partial charge in [-0.15, -0.1) is 0 Å². The van der Waals surface area contributed by atoms with E-state index in [2.05, 4.69) is 9.80 Å². The van der Waals surface area contributed by atoms with Crippen LogP contribution in [0.3, 0.4) is 0 Å². The Balaban J connectivity index is 1.64. The highest BCUT2D eigenvalue weighted by Crippen LogP contribution is 2.15. The van der Waals surface area contributed by atoms with Gasteiger partial charge in [0.2, 0.25) is 0 Å². The lowest BCUT2D eigenvalue weighted by atomic mass is 9.98. The average Bonchev–Trinajstić information content (AvgIpc) is 2.38. The first-order valence-electron chi connectivity index (χ1n) is 7.03. The maximum Gasteiger partial charge on any atom is 0.0109 e. The van der Waals surface area contributed by atoms with Crippen LogP contribution in [-0.4, -0.2) is 55.6 Å². The zero-order chi connectivity index (χ0) is 11.2. The predicted octanol–water partition coefficient (Wildman–Crippen LogP) is 1.14. The summed E-state index contributed by atoms with van der Waals surface area (Å²) in [6.45, 7) is 8.60. The smallest absolute Gasteiger partial charge is 0.0109 e. The van der Waals surface area contributed by atoms with Crippen molar-refractivity contribution in [2.75, 3.05) is 45.8 Å². The molecule has 0 aromatic rings. The van der Waals surface area contributed by atoms with Gasteiger partial charge in [0.1, 0.15) is 0 Å². The third-order valence-corrected chi connectivity index (χ3v) is 4.12. The van der Waals surface area contributed by atoms with Gasteiger partial charge in [0.05, 0.1) is 0 Å². The minimum atomic E-state index is 0.759. The summed E-state index contributed by atoms with van der Waals surface area (Å²) in [6, 6.07) is 0. The van der Waals surface area contributed by atoms with E-state index in [9.17, 15) is 0 Å². The monoisotopic (exact) mass is 225 g/mol. The van der Waals surface area contributed by atoms with E-state index in [0.29, 0.717) is 0 Å². The van der Waals surface area contributed by atoms with E-state index in [-0.39, 0.29) is 0 Å². The van der Waals surface area contributed by atoms with Crippen molar-refractivity contribution in [1.29, 1.82) is 0 Å². The van der Waals surface area contributed by atoms with Gasteiger partial charge in [-0.05, 0) is 57.8 Å². The fraction of sp³-hybridized carbons (Fsp3) is 1.00. The molecule has 0 aromatic carbocycles. The van der Waals surface area contributed by atoms with Crippen molar-refractivity contribution in [2.45, 2.75) is 32.1 Å². The molecule has 3 nitrogen and oxygen atoms in total. The van der Waals surface area contributed by atoms with Crippen LogP contribution in [0.2, 0.25) is 0 Å². The molecule has 2 saturated heterocycles. The van der Waals surface area contributed by atoms with Crippen LogP contribution in [-0.2, 0) is 0 Å². The zero-order valence-electron chi connectivity index (χ0n) is 10.5. The summed E-state index contributed by atoms with van der Waals surface area (Å²) < 4.78 is 0. The molecule has 0 amide bonds. The van der Waals surface area contributed by atoms with Crippen molar-refractivity contribution < 1.29 is 0 Å². The molecule has 1 atom stereocenters. The van der Waals surface area contributed by atoms with Crippen LogP contribution in [0, 0.1) is 5.92 Å². The summed E-state index contributed by atoms with van der Waals surface area (Å²) in [5.74, 6) is 0.759. The van der Waals surface area contributed by atoms with E-state index in [4.69, 9.17) is 5.73 Å². The van der Waals surface area contributed by atoms with Gasteiger partial charge < -0.3 is 15.5 Å². The van der Waals surface area contributed by atoms with Gasteiger partial charge in [-0.3, -0.25) is 0 Å². The quantitative estimate of drug-likeness (QED) is 0.779. The van der Waals surface area contributed by atoms with E-state index >= 15 is 0 Å². The lowest BCUT2D eigenvalue weighted by Crippen LogP contribution is -2.43. The number of hydrogen-bond donors (Lipinski definition) is 1. The van der Waals surface area contributed by atoms with E-state index in [1.165, 1.54) is 71.4 Å². The number of piperidine rings is 2. The first-order chi connectivity index (χ1) is 7.88. The van der Waals surface area contributed by atoms with Crippen molar-refractivity contribution in [2.24, 2.45) is 11.7 Å². The molecule has 0 spiro atoms. The largest absolute Gasteiger partial charge is 0.330 e. The molecule has 2 fully saturated rings. The second kappa shape index (κ2) is 6.58. The van der Waals surface area contributed by atoms with E-state index in [1.807, 2.05) is 0 Å². The molecule has 1 unspecified atom stereocenters. The zero-order valence-corrected chi connectivity index (χ0v) is 10.5. The van der Waals surface area contributed by atoms with Crippen LogP contribution >= 0.6 is 0 Å². The Hall–Kier alpha value is -0.120. The Morgan fingerprint density at radius 2 is 1.56 bits per heavy atom. The predicted molar refractivity (Wildman–Crippen MR) is 68.5 cm³/mol. The third-order valence-electron chi connectivity index (χ3n) is 4.12. The van der Waals surface area contributed by atoms with Crippen LogP contribution in [0.4, 0.5) is 0 Å². The Kier molecular flexibility index (Phi) is 5.07. The minimum Gasteiger partial charge on any atom is -0.330 e. The lowest BCUT2D eigenvalue weighted by Gasteiger charge is -2.34. The van der Waals surface area contributed by atoms with Crippen LogP contribution in [0.1, 0.15) is 32.1 Å². The Bertz CT molecular complexity index is 190. The van der Waals surface area contributed by atoms with Gasteiger partial charge in [-0.2, -0.15) is 0 Å². The number of nitrogens with zero attached hydrogens (tertiary/aromatic N) is 2. The highest BCUT2D eigenvalue weighted by atomic mass is 15.2. The summed E-state index contributed by atoms with van der Waals surface area (Å²) in [5.41, 5.74) is 5.77. The standard InChI is InChI=1S/C13H27N3/c14-11-13-5-4-8-16(12-13)10-9-15-6-2-1-3-7-15/h13H,1-12,14H2. The van der Waals surface area contributed by atoms with Crippen LogP contribution < -0.4 is 5.73 Å². The van der Waals surface area contributed by atoms with Crippen molar-refractivity contribution in [1.82, 2.24) is 9.80 Å². The highest BCUT2D eigenvalue weighted by Gasteiger charge is 2.19. The molecule has 2 aliphatic heterocycles. The summed E-state index contributed by atoms with van der Waals surface area (Å²) in [4.78, 5) is 5.26. The van der Waals surface area contributed by atoms with Crippen LogP contribution in [0.5, 0.6) is 0 Å². The molecule has 2 N–H and O–H groups in total. The fourth-order valence-corrected chi connectivity index (χ4v) is 3.01. The number of hydrogen-bond acceptors (Lipinski definition) is 3. The number of nitrogens with two attached hydrogens (primary N) is 1. The lowest BCUT2D eigenvalue weighted by molar-refractivity contribution is 0.141. The first-order valence-corrected chi connectivity index (χ1v) is 7.03. The van der Waals surface area contributed by atoms with E-state index < -0.39 is 0 Å². The van der Waals surface area contributed by atoms with Crippen LogP contribution in [0.15, 0.2) is 0 Å². The summed E-state index contributed by atoms with van der Waals surface area (Å²) in [5, 5.41) is 0. The number of rotatable bonds is 4. The maximum absolute atomic E-state index is 5.77. The second-order valence-electron chi connectivity index (χ2n) is 5.45. The van der Waals surface area contributed by atoms with Gasteiger partial charge in [0.15, 0.2) is 0 Å². The summed E-state index contributed by atoms with van der Waals surface area (Å²) >= 11 is 0. The van der Waals surface area contributed by atoms with Crippen molar-refractivity contribution in [3.63, 3.8) is 0 Å². The van der Waals surface area contributed by atoms with E-state index in [1.54, 1.807) is 0 Å². The Morgan fingerprint density at radius 3 is 2.31 bits per heavy atom. The minimum absolute atomic E-state index is 0.759. The highest BCUT2D eigenvalue weighted by molar-refractivity contribution is 4.75. The molecule has 3 heteroatoms. The van der Waals surface area contributed by atoms with Gasteiger partial charge in [-0.25, -0.2) is 0 Å². The molecule has 2 heterocycles. The topological polar surface area (TPSA) is 32.5 Å². The molecular formula is C13H27N3. The molecule has 0 radical (unpaired) electrons. The SMILES string of the molecule is NCC1CCCN(CCN2CCCCC2)C1. The molecule has 2 rings (SSSR count). The van der Waals surface area contributed by atoms with Gasteiger partial charge >= 0.3 is 0 Å². The van der Waals surface area contributed by atoms with Crippen LogP contribution in [0.25, 0.3) is 0 Å². The fourth-order valence-electron chi connectivity index (χ4n) is 3.01. The molecule has 0 bridgehead atoms.